The molecule has 0 aromatic heterocycles. The van der Waals surface area contributed by atoms with Crippen LogP contribution in [0.3, 0.4) is 0 Å². The van der Waals surface area contributed by atoms with Crippen LogP contribution in [0.1, 0.15) is 17.5 Å². The quantitative estimate of drug-likeness (QED) is 0.734. The van der Waals surface area contributed by atoms with Crippen molar-refractivity contribution in [1.29, 1.82) is 0 Å². The van der Waals surface area contributed by atoms with Gasteiger partial charge in [0.05, 0.1) is 0 Å². The minimum Gasteiger partial charge on any atom is -0.368 e. The van der Waals surface area contributed by atoms with E-state index in [2.05, 4.69) is 47.2 Å². The van der Waals surface area contributed by atoms with Crippen LogP contribution in [0.4, 0.5) is 5.69 Å². The number of anilines is 1. The Kier molecular flexibility index (Phi) is 5.69. The molecule has 5 heteroatoms. The summed E-state index contributed by atoms with van der Waals surface area (Å²) < 4.78 is 0. The lowest BCUT2D eigenvalue weighted by Crippen LogP contribution is -2.44. The maximum absolute atomic E-state index is 12.9. The molecule has 4 nitrogen and oxygen atoms in total. The Balaban J connectivity index is 1.50. The van der Waals surface area contributed by atoms with Crippen molar-refractivity contribution in [1.82, 2.24) is 9.80 Å². The van der Waals surface area contributed by atoms with E-state index in [4.69, 9.17) is 11.6 Å². The maximum atomic E-state index is 12.9. The minimum atomic E-state index is 0.142. The number of halogens is 1. The zero-order chi connectivity index (χ0) is 19.5. The summed E-state index contributed by atoms with van der Waals surface area (Å²) in [4.78, 5) is 19.6. The molecule has 2 saturated heterocycles. The van der Waals surface area contributed by atoms with Crippen molar-refractivity contribution in [3.8, 4) is 0 Å². The number of amides is 1. The van der Waals surface area contributed by atoms with Crippen LogP contribution in [0.15, 0.2) is 54.1 Å². The van der Waals surface area contributed by atoms with Gasteiger partial charge in [0.1, 0.15) is 0 Å². The number of hydrogen-bond acceptors (Lipinski definition) is 3. The predicted molar refractivity (Wildman–Crippen MR) is 116 cm³/mol. The van der Waals surface area contributed by atoms with E-state index in [1.54, 1.807) is 0 Å². The van der Waals surface area contributed by atoms with E-state index in [0.717, 1.165) is 60.9 Å². The van der Waals surface area contributed by atoms with Gasteiger partial charge in [-0.15, -0.1) is 0 Å². The van der Waals surface area contributed by atoms with Gasteiger partial charge in [0.25, 0.3) is 0 Å². The molecule has 2 aromatic rings. The van der Waals surface area contributed by atoms with E-state index in [1.165, 1.54) is 5.69 Å². The summed E-state index contributed by atoms with van der Waals surface area (Å²) in [5.74, 6) is 0.142. The molecule has 146 valence electrons. The van der Waals surface area contributed by atoms with Crippen LogP contribution in [-0.4, -0.2) is 55.5 Å². The van der Waals surface area contributed by atoms with E-state index in [-0.39, 0.29) is 5.91 Å². The van der Waals surface area contributed by atoms with Crippen LogP contribution < -0.4 is 4.90 Å². The highest BCUT2D eigenvalue weighted by molar-refractivity contribution is 6.30. The molecular formula is C23H26ClN3O. The molecule has 2 aromatic carbocycles. The molecule has 2 aliphatic heterocycles. The predicted octanol–water partition coefficient (Wildman–Crippen LogP) is 3.91. The van der Waals surface area contributed by atoms with Gasteiger partial charge in [-0.1, -0.05) is 41.9 Å². The smallest absolute Gasteiger partial charge is 0.250 e. The van der Waals surface area contributed by atoms with E-state index >= 15 is 0 Å². The molecule has 2 heterocycles. The molecule has 0 N–H and O–H groups in total. The number of para-hydroxylation sites is 1. The number of rotatable bonds is 4. The Bertz CT molecular complexity index is 870. The van der Waals surface area contributed by atoms with E-state index in [0.29, 0.717) is 6.54 Å². The van der Waals surface area contributed by atoms with Gasteiger partial charge >= 0.3 is 0 Å². The van der Waals surface area contributed by atoms with E-state index in [1.807, 2.05) is 29.2 Å². The molecule has 0 atom stereocenters. The molecule has 0 bridgehead atoms. The third-order valence-corrected chi connectivity index (χ3v) is 5.86. The van der Waals surface area contributed by atoms with Crippen molar-refractivity contribution in [2.24, 2.45) is 0 Å². The van der Waals surface area contributed by atoms with Crippen LogP contribution in [0.5, 0.6) is 0 Å². The number of piperazine rings is 1. The summed E-state index contributed by atoms with van der Waals surface area (Å²) in [5.41, 5.74) is 4.38. The molecule has 2 fully saturated rings. The summed E-state index contributed by atoms with van der Waals surface area (Å²) in [6, 6.07) is 16.1. The third-order valence-electron chi connectivity index (χ3n) is 5.61. The summed E-state index contributed by atoms with van der Waals surface area (Å²) in [6.07, 6.45) is 2.89. The van der Waals surface area contributed by atoms with Gasteiger partial charge < -0.3 is 14.7 Å². The molecular weight excluding hydrogens is 370 g/mol. The number of nitrogens with zero attached hydrogens (tertiary/aromatic N) is 3. The summed E-state index contributed by atoms with van der Waals surface area (Å²) >= 11 is 5.96. The fraction of sp³-hybridized carbons (Fsp3) is 0.348. The molecule has 0 spiro atoms. The molecule has 0 radical (unpaired) electrons. The van der Waals surface area contributed by atoms with Gasteiger partial charge in [-0.25, -0.2) is 0 Å². The van der Waals surface area contributed by atoms with Crippen LogP contribution in [0, 0.1) is 0 Å². The SMILES string of the molecule is CN1CCN(c2ccccc2/C=C2\CCN(Cc3ccc(Cl)cc3)C2=O)CC1. The summed E-state index contributed by atoms with van der Waals surface area (Å²) in [5, 5.41) is 0.720. The highest BCUT2D eigenvalue weighted by Crippen LogP contribution is 2.28. The second-order valence-electron chi connectivity index (χ2n) is 7.62. The zero-order valence-electron chi connectivity index (χ0n) is 16.3. The Hall–Kier alpha value is -2.30. The molecule has 0 unspecified atom stereocenters. The van der Waals surface area contributed by atoms with Gasteiger partial charge in [-0.05, 0) is 48.9 Å². The zero-order valence-corrected chi connectivity index (χ0v) is 17.0. The lowest BCUT2D eigenvalue weighted by atomic mass is 10.1. The number of benzene rings is 2. The van der Waals surface area contributed by atoms with Gasteiger partial charge in [-0.2, -0.15) is 0 Å². The van der Waals surface area contributed by atoms with Gasteiger partial charge in [0.2, 0.25) is 5.91 Å². The van der Waals surface area contributed by atoms with E-state index in [9.17, 15) is 4.79 Å². The van der Waals surface area contributed by atoms with Crippen LogP contribution >= 0.6 is 11.6 Å². The second-order valence-corrected chi connectivity index (χ2v) is 8.06. The average molecular weight is 396 g/mol. The normalized spacial score (nSPS) is 19.6. The highest BCUT2D eigenvalue weighted by atomic mass is 35.5. The van der Waals surface area contributed by atoms with E-state index < -0.39 is 0 Å². The third kappa shape index (κ3) is 4.23. The molecule has 2 aliphatic rings. The average Bonchev–Trinajstić information content (AvgIpc) is 3.04. The van der Waals surface area contributed by atoms with Crippen LogP contribution in [0.25, 0.3) is 6.08 Å². The first-order chi connectivity index (χ1) is 13.6. The van der Waals surface area contributed by atoms with Gasteiger partial charge in [-0.3, -0.25) is 4.79 Å². The number of hydrogen-bond donors (Lipinski definition) is 0. The van der Waals surface area contributed by atoms with Crippen molar-refractivity contribution in [3.05, 3.63) is 70.3 Å². The standard InChI is InChI=1S/C23H26ClN3O/c1-25-12-14-26(15-13-25)22-5-3-2-4-19(22)16-20-10-11-27(23(20)28)17-18-6-8-21(24)9-7-18/h2-9,16H,10-15,17H2,1H3/b20-16+. The highest BCUT2D eigenvalue weighted by Gasteiger charge is 2.26. The van der Waals surface area contributed by atoms with Crippen molar-refractivity contribution in [2.45, 2.75) is 13.0 Å². The second kappa shape index (κ2) is 8.38. The Labute approximate surface area is 172 Å². The van der Waals surface area contributed by atoms with Gasteiger partial charge in [0, 0.05) is 55.6 Å². The lowest BCUT2D eigenvalue weighted by molar-refractivity contribution is -0.125. The monoisotopic (exact) mass is 395 g/mol. The van der Waals surface area contributed by atoms with Gasteiger partial charge in [0.15, 0.2) is 0 Å². The van der Waals surface area contributed by atoms with Crippen LogP contribution in [0.2, 0.25) is 5.02 Å². The van der Waals surface area contributed by atoms with Crippen molar-refractivity contribution in [2.75, 3.05) is 44.7 Å². The van der Waals surface area contributed by atoms with Crippen molar-refractivity contribution < 1.29 is 4.79 Å². The van der Waals surface area contributed by atoms with Crippen molar-refractivity contribution in [3.63, 3.8) is 0 Å². The fourth-order valence-corrected chi connectivity index (χ4v) is 4.02. The Morgan fingerprint density at radius 1 is 0.964 bits per heavy atom. The van der Waals surface area contributed by atoms with Crippen molar-refractivity contribution >= 4 is 29.3 Å². The summed E-state index contributed by atoms with van der Waals surface area (Å²) in [7, 11) is 2.16. The maximum Gasteiger partial charge on any atom is 0.250 e. The molecule has 0 aliphatic carbocycles. The Morgan fingerprint density at radius 3 is 2.43 bits per heavy atom. The first-order valence-corrected chi connectivity index (χ1v) is 10.2. The minimum absolute atomic E-state index is 0.142. The molecule has 28 heavy (non-hydrogen) atoms. The molecule has 1 amide bonds. The summed E-state index contributed by atoms with van der Waals surface area (Å²) in [6.45, 7) is 5.58. The fourth-order valence-electron chi connectivity index (χ4n) is 3.89. The molecule has 0 saturated carbocycles. The number of likely N-dealkylation sites (N-methyl/N-ethyl adjacent to an activating group) is 1. The topological polar surface area (TPSA) is 26.8 Å². The Morgan fingerprint density at radius 2 is 1.68 bits per heavy atom. The first kappa shape index (κ1) is 19.0. The van der Waals surface area contributed by atoms with Crippen LogP contribution in [-0.2, 0) is 11.3 Å². The number of carbonyl (C=O) groups excluding carboxylic acids is 1. The largest absolute Gasteiger partial charge is 0.368 e. The lowest BCUT2D eigenvalue weighted by Gasteiger charge is -2.35. The number of likely N-dealkylation sites (tertiary alicyclic amines) is 1. The first-order valence-electron chi connectivity index (χ1n) is 9.87. The molecule has 4 rings (SSSR count). The number of carbonyl (C=O) groups is 1.